The number of alkyl halides is 3. The van der Waals surface area contributed by atoms with Gasteiger partial charge in [0.15, 0.2) is 5.82 Å². The Morgan fingerprint density at radius 2 is 2.00 bits per heavy atom. The van der Waals surface area contributed by atoms with Gasteiger partial charge in [-0.1, -0.05) is 0 Å². The van der Waals surface area contributed by atoms with Crippen molar-refractivity contribution < 1.29 is 27.1 Å². The maximum absolute atomic E-state index is 13.1. The summed E-state index contributed by atoms with van der Waals surface area (Å²) in [6, 6.07) is 1.19. The van der Waals surface area contributed by atoms with Gasteiger partial charge in [-0.15, -0.1) is 0 Å². The van der Waals surface area contributed by atoms with Gasteiger partial charge in [0.2, 0.25) is 0 Å². The Hall–Kier alpha value is -1.79. The number of nitrogen functional groups attached to an aromatic ring is 1. The van der Waals surface area contributed by atoms with E-state index in [2.05, 4.69) is 4.74 Å². The lowest BCUT2D eigenvalue weighted by atomic mass is 10.1. The molecule has 94 valence electrons. The average Bonchev–Trinajstić information content (AvgIpc) is 2.20. The molecule has 0 aliphatic rings. The number of nitrogens with two attached hydrogens (primary N) is 1. The summed E-state index contributed by atoms with van der Waals surface area (Å²) in [5.74, 6) is -2.57. The summed E-state index contributed by atoms with van der Waals surface area (Å²) in [6.45, 7) is 1.49. The van der Waals surface area contributed by atoms with Crippen LogP contribution in [-0.4, -0.2) is 12.6 Å². The molecule has 17 heavy (non-hydrogen) atoms. The highest BCUT2D eigenvalue weighted by atomic mass is 19.4. The molecule has 0 aliphatic carbocycles. The van der Waals surface area contributed by atoms with E-state index in [4.69, 9.17) is 5.73 Å². The molecule has 0 bridgehead atoms. The molecule has 0 saturated heterocycles. The van der Waals surface area contributed by atoms with Crippen molar-refractivity contribution in [2.24, 2.45) is 0 Å². The van der Waals surface area contributed by atoms with Crippen LogP contribution in [0.4, 0.5) is 23.2 Å². The van der Waals surface area contributed by atoms with Gasteiger partial charge in [-0.25, -0.2) is 9.18 Å². The highest BCUT2D eigenvalue weighted by Gasteiger charge is 2.36. The molecule has 0 saturated carbocycles. The minimum atomic E-state index is -4.92. The highest BCUT2D eigenvalue weighted by Crippen LogP contribution is 2.34. The topological polar surface area (TPSA) is 52.3 Å². The Bertz CT molecular complexity index is 443. The number of esters is 1. The summed E-state index contributed by atoms with van der Waals surface area (Å²) in [7, 11) is 0. The summed E-state index contributed by atoms with van der Waals surface area (Å²) in [6.07, 6.45) is -4.92. The van der Waals surface area contributed by atoms with Crippen molar-refractivity contribution in [1.29, 1.82) is 0 Å². The molecule has 0 fully saturated rings. The Kier molecular flexibility index (Phi) is 3.59. The molecule has 1 aromatic rings. The minimum absolute atomic E-state index is 0.00251. The van der Waals surface area contributed by atoms with Crippen molar-refractivity contribution in [1.82, 2.24) is 0 Å². The van der Waals surface area contributed by atoms with Gasteiger partial charge in [-0.3, -0.25) is 0 Å². The van der Waals surface area contributed by atoms with Crippen LogP contribution in [0.2, 0.25) is 0 Å². The zero-order valence-corrected chi connectivity index (χ0v) is 8.77. The second-order valence-electron chi connectivity index (χ2n) is 3.15. The zero-order chi connectivity index (χ0) is 13.2. The number of carbonyl (C=O) groups is 1. The summed E-state index contributed by atoms with van der Waals surface area (Å²) in [5.41, 5.74) is 2.31. The molecule has 0 aliphatic heterocycles. The third-order valence-corrected chi connectivity index (χ3v) is 1.92. The third-order valence-electron chi connectivity index (χ3n) is 1.92. The average molecular weight is 251 g/mol. The third kappa shape index (κ3) is 2.86. The number of halogens is 4. The zero-order valence-electron chi connectivity index (χ0n) is 8.77. The predicted octanol–water partition coefficient (Wildman–Crippen LogP) is 2.60. The number of carbonyl (C=O) groups excluding carboxylic acids is 1. The van der Waals surface area contributed by atoms with E-state index < -0.39 is 34.8 Å². The standard InChI is InChI=1S/C10H9F4NO2/c1-2-17-9(16)5-3-6(10(12,13)14)8(11)7(15)4-5/h3-4H,2,15H2,1H3. The van der Waals surface area contributed by atoms with Crippen LogP contribution in [0.3, 0.4) is 0 Å². The molecule has 0 radical (unpaired) electrons. The molecular weight excluding hydrogens is 242 g/mol. The van der Waals surface area contributed by atoms with E-state index in [0.29, 0.717) is 6.07 Å². The largest absolute Gasteiger partial charge is 0.462 e. The molecule has 0 aromatic heterocycles. The van der Waals surface area contributed by atoms with Gasteiger partial charge in [0.05, 0.1) is 23.4 Å². The molecule has 3 nitrogen and oxygen atoms in total. The number of hydrogen-bond donors (Lipinski definition) is 1. The van der Waals surface area contributed by atoms with Crippen molar-refractivity contribution in [3.63, 3.8) is 0 Å². The fraction of sp³-hybridized carbons (Fsp3) is 0.300. The molecule has 7 heteroatoms. The van der Waals surface area contributed by atoms with Crippen molar-refractivity contribution in [3.8, 4) is 0 Å². The van der Waals surface area contributed by atoms with Gasteiger partial charge in [0.25, 0.3) is 0 Å². The SMILES string of the molecule is CCOC(=O)c1cc(N)c(F)c(C(F)(F)F)c1. The first-order chi connectivity index (χ1) is 7.77. The summed E-state index contributed by atoms with van der Waals surface area (Å²) < 4.78 is 54.9. The van der Waals surface area contributed by atoms with Crippen LogP contribution in [0.1, 0.15) is 22.8 Å². The summed E-state index contributed by atoms with van der Waals surface area (Å²) in [4.78, 5) is 11.2. The summed E-state index contributed by atoms with van der Waals surface area (Å²) >= 11 is 0. The number of hydrogen-bond acceptors (Lipinski definition) is 3. The van der Waals surface area contributed by atoms with Gasteiger partial charge in [-0.05, 0) is 19.1 Å². The van der Waals surface area contributed by atoms with Crippen LogP contribution in [-0.2, 0) is 10.9 Å². The first-order valence-corrected chi connectivity index (χ1v) is 4.60. The van der Waals surface area contributed by atoms with Crippen LogP contribution in [0.5, 0.6) is 0 Å². The molecule has 0 spiro atoms. The first kappa shape index (κ1) is 13.3. The smallest absolute Gasteiger partial charge is 0.419 e. The minimum Gasteiger partial charge on any atom is -0.462 e. The van der Waals surface area contributed by atoms with Crippen LogP contribution in [0.25, 0.3) is 0 Å². The van der Waals surface area contributed by atoms with Crippen LogP contribution >= 0.6 is 0 Å². The molecule has 0 heterocycles. The van der Waals surface area contributed by atoms with E-state index in [1.807, 2.05) is 0 Å². The molecule has 1 rings (SSSR count). The van der Waals surface area contributed by atoms with Crippen LogP contribution in [0, 0.1) is 5.82 Å². The Labute approximate surface area is 94.2 Å². The van der Waals surface area contributed by atoms with Crippen molar-refractivity contribution in [2.75, 3.05) is 12.3 Å². The van der Waals surface area contributed by atoms with Crippen molar-refractivity contribution in [3.05, 3.63) is 29.1 Å². The van der Waals surface area contributed by atoms with Crippen molar-refractivity contribution >= 4 is 11.7 Å². The van der Waals surface area contributed by atoms with Gasteiger partial charge >= 0.3 is 12.1 Å². The van der Waals surface area contributed by atoms with E-state index in [1.165, 1.54) is 6.92 Å². The number of anilines is 1. The van der Waals surface area contributed by atoms with Gasteiger partial charge < -0.3 is 10.5 Å². The first-order valence-electron chi connectivity index (χ1n) is 4.60. The number of rotatable bonds is 2. The van der Waals surface area contributed by atoms with Gasteiger partial charge in [0, 0.05) is 0 Å². The maximum Gasteiger partial charge on any atom is 0.419 e. The fourth-order valence-corrected chi connectivity index (χ4v) is 1.19. The van der Waals surface area contributed by atoms with Crippen LogP contribution in [0.15, 0.2) is 12.1 Å². The lowest BCUT2D eigenvalue weighted by Crippen LogP contribution is -2.14. The summed E-state index contributed by atoms with van der Waals surface area (Å²) in [5, 5.41) is 0. The molecule has 0 unspecified atom stereocenters. The number of benzene rings is 1. The lowest BCUT2D eigenvalue weighted by Gasteiger charge is -2.11. The monoisotopic (exact) mass is 251 g/mol. The van der Waals surface area contributed by atoms with E-state index in [0.717, 1.165) is 6.07 Å². The number of ether oxygens (including phenoxy) is 1. The van der Waals surface area contributed by atoms with Gasteiger partial charge in [-0.2, -0.15) is 13.2 Å². The fourth-order valence-electron chi connectivity index (χ4n) is 1.19. The van der Waals surface area contributed by atoms with Crippen LogP contribution < -0.4 is 5.73 Å². The van der Waals surface area contributed by atoms with E-state index >= 15 is 0 Å². The molecule has 0 amide bonds. The quantitative estimate of drug-likeness (QED) is 0.499. The van der Waals surface area contributed by atoms with E-state index in [1.54, 1.807) is 0 Å². The second-order valence-corrected chi connectivity index (χ2v) is 3.15. The lowest BCUT2D eigenvalue weighted by molar-refractivity contribution is -0.139. The maximum atomic E-state index is 13.1. The predicted molar refractivity (Wildman–Crippen MR) is 51.8 cm³/mol. The van der Waals surface area contributed by atoms with Crippen molar-refractivity contribution in [2.45, 2.75) is 13.1 Å². The van der Waals surface area contributed by atoms with E-state index in [9.17, 15) is 22.4 Å². The molecule has 0 atom stereocenters. The van der Waals surface area contributed by atoms with E-state index in [-0.39, 0.29) is 6.61 Å². The Morgan fingerprint density at radius 1 is 1.41 bits per heavy atom. The second kappa shape index (κ2) is 4.60. The normalized spacial score (nSPS) is 11.4. The Morgan fingerprint density at radius 3 is 2.47 bits per heavy atom. The molecular formula is C10H9F4NO2. The molecule has 2 N–H and O–H groups in total. The molecule has 1 aromatic carbocycles. The highest BCUT2D eigenvalue weighted by molar-refractivity contribution is 5.90. The Balaban J connectivity index is 3.29. The van der Waals surface area contributed by atoms with Gasteiger partial charge in [0.1, 0.15) is 0 Å².